The predicted octanol–water partition coefficient (Wildman–Crippen LogP) is 2.63. The van der Waals surface area contributed by atoms with E-state index in [0.717, 1.165) is 19.4 Å². The predicted molar refractivity (Wildman–Crippen MR) is 50.2 cm³/mol. The Kier molecular flexibility index (Phi) is 3.24. The highest BCUT2D eigenvalue weighted by atomic mass is 35.5. The molecule has 0 fully saturated rings. The lowest BCUT2D eigenvalue weighted by atomic mass is 10.1. The van der Waals surface area contributed by atoms with Crippen molar-refractivity contribution < 1.29 is 18.3 Å². The van der Waals surface area contributed by atoms with Crippen LogP contribution < -0.4 is 0 Å². The molecule has 0 atom stereocenters. The minimum Gasteiger partial charge on any atom is -0.465 e. The third kappa shape index (κ3) is 2.41. The molecule has 0 spiro atoms. The number of ether oxygens (including phenoxy) is 1. The minimum absolute atomic E-state index is 0.291. The Morgan fingerprint density at radius 1 is 1.60 bits per heavy atom. The molecule has 3 nitrogen and oxygen atoms in total. The van der Waals surface area contributed by atoms with E-state index in [1.165, 1.54) is 0 Å². The number of hydrogen-bond acceptors (Lipinski definition) is 3. The van der Waals surface area contributed by atoms with Gasteiger partial charge in [-0.05, 0) is 6.07 Å². The van der Waals surface area contributed by atoms with E-state index in [1.807, 2.05) is 0 Å². The Morgan fingerprint density at radius 2 is 2.20 bits per heavy atom. The van der Waals surface area contributed by atoms with Crippen LogP contribution in [0.4, 0.5) is 8.78 Å². The number of alkyl halides is 2. The molecule has 0 N–H and O–H groups in total. The van der Waals surface area contributed by atoms with Crippen LogP contribution >= 0.6 is 11.6 Å². The van der Waals surface area contributed by atoms with Crippen molar-refractivity contribution >= 4 is 17.6 Å². The van der Waals surface area contributed by atoms with Gasteiger partial charge in [-0.1, -0.05) is 11.6 Å². The van der Waals surface area contributed by atoms with Crippen LogP contribution in [-0.2, 0) is 10.7 Å². The molecule has 0 saturated carbocycles. The Morgan fingerprint density at radius 3 is 2.67 bits per heavy atom. The molecule has 0 aromatic carbocycles. The van der Waals surface area contributed by atoms with Crippen LogP contribution in [0.1, 0.15) is 22.8 Å². The molecule has 0 aliphatic heterocycles. The number of aromatic nitrogens is 1. The van der Waals surface area contributed by atoms with Crippen LogP contribution in [0.2, 0.25) is 5.15 Å². The Labute approximate surface area is 90.0 Å². The van der Waals surface area contributed by atoms with Crippen molar-refractivity contribution in [2.24, 2.45) is 0 Å². The average Bonchev–Trinajstić information content (AvgIpc) is 2.15. The lowest BCUT2D eigenvalue weighted by Gasteiger charge is -2.14. The van der Waals surface area contributed by atoms with Crippen LogP contribution in [0, 0.1) is 0 Å². The molecule has 0 aliphatic rings. The standard InChI is InChI=1S/C9H8ClF2NO2/c1-9(11,12)5-3-4-13-7(10)6(5)8(14)15-2/h3-4H,1-2H3. The van der Waals surface area contributed by atoms with Gasteiger partial charge in [0, 0.05) is 18.7 Å². The van der Waals surface area contributed by atoms with Gasteiger partial charge in [0.25, 0.3) is 5.92 Å². The molecular weight excluding hydrogens is 228 g/mol. The molecule has 0 amide bonds. The lowest BCUT2D eigenvalue weighted by Crippen LogP contribution is -2.16. The molecule has 0 bridgehead atoms. The van der Waals surface area contributed by atoms with E-state index in [2.05, 4.69) is 9.72 Å². The first kappa shape index (κ1) is 11.8. The molecule has 6 heteroatoms. The van der Waals surface area contributed by atoms with E-state index in [4.69, 9.17) is 11.6 Å². The Bertz CT molecular complexity index is 390. The van der Waals surface area contributed by atoms with E-state index < -0.39 is 23.0 Å². The van der Waals surface area contributed by atoms with Gasteiger partial charge in [-0.2, -0.15) is 0 Å². The smallest absolute Gasteiger partial charge is 0.341 e. The molecule has 82 valence electrons. The molecule has 15 heavy (non-hydrogen) atoms. The maximum Gasteiger partial charge on any atom is 0.341 e. The summed E-state index contributed by atoms with van der Waals surface area (Å²) in [6, 6.07) is 1.04. The number of hydrogen-bond donors (Lipinski definition) is 0. The van der Waals surface area contributed by atoms with Gasteiger partial charge in [-0.15, -0.1) is 0 Å². The first-order valence-corrected chi connectivity index (χ1v) is 4.37. The molecule has 1 heterocycles. The van der Waals surface area contributed by atoms with Gasteiger partial charge >= 0.3 is 5.97 Å². The van der Waals surface area contributed by atoms with Crippen LogP contribution in [-0.4, -0.2) is 18.1 Å². The summed E-state index contributed by atoms with van der Waals surface area (Å²) in [5.41, 5.74) is -0.886. The van der Waals surface area contributed by atoms with Crippen LogP contribution in [0.3, 0.4) is 0 Å². The summed E-state index contributed by atoms with van der Waals surface area (Å²) in [5, 5.41) is -0.291. The third-order valence-corrected chi connectivity index (χ3v) is 2.05. The molecule has 0 radical (unpaired) electrons. The molecule has 0 aliphatic carbocycles. The van der Waals surface area contributed by atoms with E-state index in [-0.39, 0.29) is 5.15 Å². The maximum atomic E-state index is 13.1. The summed E-state index contributed by atoms with van der Waals surface area (Å²) in [4.78, 5) is 14.8. The van der Waals surface area contributed by atoms with Crippen molar-refractivity contribution in [3.63, 3.8) is 0 Å². The van der Waals surface area contributed by atoms with Crippen LogP contribution in [0.5, 0.6) is 0 Å². The number of carbonyl (C=O) groups excluding carboxylic acids is 1. The zero-order valence-corrected chi connectivity index (χ0v) is 8.81. The van der Waals surface area contributed by atoms with E-state index in [9.17, 15) is 13.6 Å². The van der Waals surface area contributed by atoms with Crippen LogP contribution in [0.25, 0.3) is 0 Å². The van der Waals surface area contributed by atoms with Crippen molar-refractivity contribution in [1.82, 2.24) is 4.98 Å². The van der Waals surface area contributed by atoms with E-state index >= 15 is 0 Å². The largest absolute Gasteiger partial charge is 0.465 e. The van der Waals surface area contributed by atoms with Gasteiger partial charge < -0.3 is 4.74 Å². The molecular formula is C9H8ClF2NO2. The fraction of sp³-hybridized carbons (Fsp3) is 0.333. The molecule has 1 aromatic heterocycles. The number of carbonyl (C=O) groups is 1. The second-order valence-corrected chi connectivity index (χ2v) is 3.26. The summed E-state index contributed by atoms with van der Waals surface area (Å²) in [7, 11) is 1.09. The average molecular weight is 236 g/mol. The normalized spacial score (nSPS) is 11.3. The quantitative estimate of drug-likeness (QED) is 0.584. The van der Waals surface area contributed by atoms with Gasteiger partial charge in [-0.3, -0.25) is 0 Å². The zero-order valence-electron chi connectivity index (χ0n) is 8.05. The van der Waals surface area contributed by atoms with Gasteiger partial charge in [-0.25, -0.2) is 18.6 Å². The number of rotatable bonds is 2. The highest BCUT2D eigenvalue weighted by Crippen LogP contribution is 2.32. The first-order valence-electron chi connectivity index (χ1n) is 3.99. The zero-order chi connectivity index (χ0) is 11.6. The van der Waals surface area contributed by atoms with Crippen molar-refractivity contribution in [2.45, 2.75) is 12.8 Å². The molecule has 1 rings (SSSR count). The number of esters is 1. The fourth-order valence-electron chi connectivity index (χ4n) is 1.10. The third-order valence-electron chi connectivity index (χ3n) is 1.77. The first-order chi connectivity index (χ1) is 6.88. The highest BCUT2D eigenvalue weighted by Gasteiger charge is 2.32. The van der Waals surface area contributed by atoms with Gasteiger partial charge in [0.05, 0.1) is 7.11 Å². The topological polar surface area (TPSA) is 39.2 Å². The summed E-state index contributed by atoms with van der Waals surface area (Å²) in [5.74, 6) is -4.10. The second kappa shape index (κ2) is 4.10. The van der Waals surface area contributed by atoms with Crippen molar-refractivity contribution in [3.05, 3.63) is 28.5 Å². The van der Waals surface area contributed by atoms with Gasteiger partial charge in [0.1, 0.15) is 10.7 Å². The second-order valence-electron chi connectivity index (χ2n) is 2.90. The lowest BCUT2D eigenvalue weighted by molar-refractivity contribution is 0.0147. The monoisotopic (exact) mass is 235 g/mol. The van der Waals surface area contributed by atoms with Crippen molar-refractivity contribution in [3.8, 4) is 0 Å². The summed E-state index contributed by atoms with van der Waals surface area (Å²) in [6.45, 7) is 0.672. The SMILES string of the molecule is COC(=O)c1c(C(C)(F)F)ccnc1Cl. The Balaban J connectivity index is 3.40. The number of nitrogens with zero attached hydrogens (tertiary/aromatic N) is 1. The van der Waals surface area contributed by atoms with Gasteiger partial charge in [0.15, 0.2) is 0 Å². The molecule has 0 unspecified atom stereocenters. The summed E-state index contributed by atoms with van der Waals surface area (Å²) >= 11 is 5.56. The summed E-state index contributed by atoms with van der Waals surface area (Å²) < 4.78 is 30.6. The van der Waals surface area contributed by atoms with Crippen molar-refractivity contribution in [1.29, 1.82) is 0 Å². The van der Waals surface area contributed by atoms with E-state index in [0.29, 0.717) is 6.92 Å². The number of halogens is 3. The maximum absolute atomic E-state index is 13.1. The summed E-state index contributed by atoms with van der Waals surface area (Å²) in [6.07, 6.45) is 1.11. The minimum atomic E-state index is -3.17. The molecule has 1 aromatic rings. The highest BCUT2D eigenvalue weighted by molar-refractivity contribution is 6.32. The fourth-order valence-corrected chi connectivity index (χ4v) is 1.33. The van der Waals surface area contributed by atoms with E-state index in [1.54, 1.807) is 0 Å². The van der Waals surface area contributed by atoms with Gasteiger partial charge in [0.2, 0.25) is 0 Å². The van der Waals surface area contributed by atoms with Crippen molar-refractivity contribution in [2.75, 3.05) is 7.11 Å². The Hall–Kier alpha value is -1.23. The number of pyridine rings is 1. The molecule has 0 saturated heterocycles. The number of methoxy groups -OCH3 is 1. The van der Waals surface area contributed by atoms with Crippen LogP contribution in [0.15, 0.2) is 12.3 Å².